The Morgan fingerprint density at radius 1 is 0.824 bits per heavy atom. The normalized spacial score (nSPS) is 12.6. The Bertz CT molecular complexity index is 174. The predicted molar refractivity (Wildman–Crippen MR) is 76.3 cm³/mol. The zero-order chi connectivity index (χ0) is 12.9. The van der Waals surface area contributed by atoms with E-state index in [0.29, 0.717) is 5.78 Å². The van der Waals surface area contributed by atoms with E-state index in [9.17, 15) is 4.79 Å². The van der Waals surface area contributed by atoms with Gasteiger partial charge in [-0.2, -0.15) is 0 Å². The van der Waals surface area contributed by atoms with Crippen LogP contribution in [0.5, 0.6) is 0 Å². The molecule has 0 rings (SSSR count). The summed E-state index contributed by atoms with van der Waals surface area (Å²) < 4.78 is 0. The molecule has 0 heterocycles. The van der Waals surface area contributed by atoms with Crippen LogP contribution >= 0.6 is 0 Å². The summed E-state index contributed by atoms with van der Waals surface area (Å²) in [6.45, 7) is 6.03. The van der Waals surface area contributed by atoms with Gasteiger partial charge in [0, 0.05) is 5.92 Å². The zero-order valence-corrected chi connectivity index (χ0v) is 12.3. The summed E-state index contributed by atoms with van der Waals surface area (Å²) in [5.74, 6) is 0.630. The average molecular weight is 240 g/mol. The molecule has 0 spiro atoms. The van der Waals surface area contributed by atoms with Crippen LogP contribution in [0.1, 0.15) is 91.4 Å². The first-order valence-electron chi connectivity index (χ1n) is 7.69. The molecule has 0 aliphatic rings. The number of hydrogen-bond acceptors (Lipinski definition) is 1. The monoisotopic (exact) mass is 240 g/mol. The third-order valence-corrected chi connectivity index (χ3v) is 3.68. The maximum atomic E-state index is 11.0. The van der Waals surface area contributed by atoms with E-state index in [1.807, 2.05) is 0 Å². The van der Waals surface area contributed by atoms with Crippen LogP contribution in [-0.4, -0.2) is 5.78 Å². The van der Waals surface area contributed by atoms with E-state index in [4.69, 9.17) is 0 Å². The minimum absolute atomic E-state index is 0.282. The molecule has 102 valence electrons. The summed E-state index contributed by atoms with van der Waals surface area (Å²) in [5.41, 5.74) is 0. The highest BCUT2D eigenvalue weighted by molar-refractivity contribution is 5.77. The Hall–Kier alpha value is -0.330. The minimum Gasteiger partial charge on any atom is -0.300 e. The van der Waals surface area contributed by atoms with E-state index in [2.05, 4.69) is 13.8 Å². The molecule has 0 amide bonds. The molecule has 0 radical (unpaired) electrons. The standard InChI is InChI=1S/C16H32O/c1-4-5-6-7-8-9-10-11-12-13-14-15(2)16(3)17/h15H,4-14H2,1-3H3. The molecule has 0 N–H and O–H groups in total. The van der Waals surface area contributed by atoms with Crippen molar-refractivity contribution in [1.29, 1.82) is 0 Å². The van der Waals surface area contributed by atoms with Gasteiger partial charge in [-0.3, -0.25) is 4.79 Å². The highest BCUT2D eigenvalue weighted by Gasteiger charge is 2.05. The SMILES string of the molecule is CCCCCCCCCCCCC(C)C(C)=O. The molecule has 0 aliphatic heterocycles. The Morgan fingerprint density at radius 3 is 1.65 bits per heavy atom. The van der Waals surface area contributed by atoms with Crippen molar-refractivity contribution in [2.75, 3.05) is 0 Å². The Balaban J connectivity index is 3.06. The number of carbonyl (C=O) groups excluding carboxylic acids is 1. The molecule has 1 heteroatoms. The Morgan fingerprint density at radius 2 is 1.24 bits per heavy atom. The van der Waals surface area contributed by atoms with Gasteiger partial charge in [-0.25, -0.2) is 0 Å². The summed E-state index contributed by atoms with van der Waals surface area (Å²) in [6.07, 6.45) is 14.8. The smallest absolute Gasteiger partial charge is 0.132 e. The van der Waals surface area contributed by atoms with E-state index in [0.717, 1.165) is 6.42 Å². The van der Waals surface area contributed by atoms with Gasteiger partial charge in [0.2, 0.25) is 0 Å². The fourth-order valence-electron chi connectivity index (χ4n) is 2.14. The first kappa shape index (κ1) is 16.7. The van der Waals surface area contributed by atoms with Gasteiger partial charge in [0.25, 0.3) is 0 Å². The van der Waals surface area contributed by atoms with Crippen molar-refractivity contribution in [3.63, 3.8) is 0 Å². The van der Waals surface area contributed by atoms with Crippen LogP contribution < -0.4 is 0 Å². The lowest BCUT2D eigenvalue weighted by Gasteiger charge is -2.06. The van der Waals surface area contributed by atoms with Gasteiger partial charge < -0.3 is 0 Å². The van der Waals surface area contributed by atoms with E-state index in [1.165, 1.54) is 64.2 Å². The maximum absolute atomic E-state index is 11.0. The number of rotatable bonds is 12. The summed E-state index contributed by atoms with van der Waals surface area (Å²) in [6, 6.07) is 0. The van der Waals surface area contributed by atoms with Crippen LogP contribution in [0.4, 0.5) is 0 Å². The van der Waals surface area contributed by atoms with Crippen LogP contribution in [0.3, 0.4) is 0 Å². The van der Waals surface area contributed by atoms with Gasteiger partial charge in [0.15, 0.2) is 0 Å². The summed E-state index contributed by atoms with van der Waals surface area (Å²) in [4.78, 5) is 11.0. The minimum atomic E-state index is 0.282. The lowest BCUT2D eigenvalue weighted by molar-refractivity contribution is -0.120. The lowest BCUT2D eigenvalue weighted by atomic mass is 9.99. The highest BCUT2D eigenvalue weighted by atomic mass is 16.1. The molecule has 1 nitrogen and oxygen atoms in total. The summed E-state index contributed by atoms with van der Waals surface area (Å²) in [7, 11) is 0. The highest BCUT2D eigenvalue weighted by Crippen LogP contribution is 2.14. The Kier molecular flexibility index (Phi) is 11.9. The molecule has 0 saturated heterocycles. The fourth-order valence-corrected chi connectivity index (χ4v) is 2.14. The number of carbonyl (C=O) groups is 1. The van der Waals surface area contributed by atoms with Crippen molar-refractivity contribution < 1.29 is 4.79 Å². The first-order chi connectivity index (χ1) is 8.18. The molecule has 1 unspecified atom stereocenters. The number of unbranched alkanes of at least 4 members (excludes halogenated alkanes) is 9. The van der Waals surface area contributed by atoms with Crippen molar-refractivity contribution >= 4 is 5.78 Å². The van der Waals surface area contributed by atoms with E-state index >= 15 is 0 Å². The number of Topliss-reactive ketones (excluding diaryl/α,β-unsaturated/α-hetero) is 1. The third-order valence-electron chi connectivity index (χ3n) is 3.68. The second kappa shape index (κ2) is 12.1. The zero-order valence-electron chi connectivity index (χ0n) is 12.3. The van der Waals surface area contributed by atoms with Crippen molar-refractivity contribution in [3.8, 4) is 0 Å². The molecule has 0 bridgehead atoms. The number of hydrogen-bond donors (Lipinski definition) is 0. The van der Waals surface area contributed by atoms with Crippen LogP contribution in [-0.2, 0) is 4.79 Å². The van der Waals surface area contributed by atoms with Gasteiger partial charge in [-0.1, -0.05) is 78.1 Å². The van der Waals surface area contributed by atoms with Gasteiger partial charge in [0.1, 0.15) is 5.78 Å². The van der Waals surface area contributed by atoms with Crippen molar-refractivity contribution in [1.82, 2.24) is 0 Å². The molecular formula is C16H32O. The van der Waals surface area contributed by atoms with Gasteiger partial charge in [0.05, 0.1) is 0 Å². The topological polar surface area (TPSA) is 17.1 Å². The molecular weight excluding hydrogens is 208 g/mol. The quantitative estimate of drug-likeness (QED) is 0.410. The van der Waals surface area contributed by atoms with Crippen molar-refractivity contribution in [2.45, 2.75) is 91.4 Å². The van der Waals surface area contributed by atoms with E-state index < -0.39 is 0 Å². The average Bonchev–Trinajstić information content (AvgIpc) is 2.31. The first-order valence-corrected chi connectivity index (χ1v) is 7.69. The van der Waals surface area contributed by atoms with Gasteiger partial charge in [-0.05, 0) is 13.3 Å². The molecule has 17 heavy (non-hydrogen) atoms. The maximum Gasteiger partial charge on any atom is 0.132 e. The van der Waals surface area contributed by atoms with Crippen LogP contribution in [0.15, 0.2) is 0 Å². The summed E-state index contributed by atoms with van der Waals surface area (Å²) in [5, 5.41) is 0. The van der Waals surface area contributed by atoms with Crippen LogP contribution in [0.2, 0.25) is 0 Å². The summed E-state index contributed by atoms with van der Waals surface area (Å²) >= 11 is 0. The van der Waals surface area contributed by atoms with Gasteiger partial charge >= 0.3 is 0 Å². The molecule has 1 atom stereocenters. The lowest BCUT2D eigenvalue weighted by Crippen LogP contribution is -2.05. The molecule has 0 fully saturated rings. The predicted octanol–water partition coefficient (Wildman–Crippen LogP) is 5.52. The largest absolute Gasteiger partial charge is 0.300 e. The second-order valence-corrected chi connectivity index (χ2v) is 5.48. The van der Waals surface area contributed by atoms with Crippen molar-refractivity contribution in [2.24, 2.45) is 5.92 Å². The second-order valence-electron chi connectivity index (χ2n) is 5.48. The molecule has 0 aliphatic carbocycles. The van der Waals surface area contributed by atoms with Crippen LogP contribution in [0, 0.1) is 5.92 Å². The fraction of sp³-hybridized carbons (Fsp3) is 0.938. The molecule has 0 aromatic rings. The van der Waals surface area contributed by atoms with Crippen LogP contribution in [0.25, 0.3) is 0 Å². The van der Waals surface area contributed by atoms with E-state index in [1.54, 1.807) is 6.92 Å². The molecule has 0 aromatic carbocycles. The molecule has 0 aromatic heterocycles. The molecule has 0 saturated carbocycles. The Labute approximate surface area is 108 Å². The third kappa shape index (κ3) is 11.9. The van der Waals surface area contributed by atoms with E-state index in [-0.39, 0.29) is 5.92 Å². The number of ketones is 1. The van der Waals surface area contributed by atoms with Crippen molar-refractivity contribution in [3.05, 3.63) is 0 Å². The van der Waals surface area contributed by atoms with Gasteiger partial charge in [-0.15, -0.1) is 0 Å².